The summed E-state index contributed by atoms with van der Waals surface area (Å²) in [6, 6.07) is 11.5. The third-order valence-corrected chi connectivity index (χ3v) is 4.81. The molecular formula is C11H10NO2S2. The minimum Gasteiger partial charge on any atom is -0.278 e. The molecule has 2 aromatic rings. The lowest BCUT2D eigenvalue weighted by Crippen LogP contribution is -2.12. The Labute approximate surface area is 98.8 Å². The third-order valence-electron chi connectivity index (χ3n) is 2.06. The molecule has 0 aliphatic carbocycles. The summed E-state index contributed by atoms with van der Waals surface area (Å²) in [5.41, 5.74) is 1.35. The zero-order chi connectivity index (χ0) is 11.6. The zero-order valence-electron chi connectivity index (χ0n) is 8.60. The molecule has 83 valence electrons. The second-order valence-corrected chi connectivity index (χ2v) is 6.12. The maximum Gasteiger partial charge on any atom is 0.271 e. The van der Waals surface area contributed by atoms with Gasteiger partial charge in [-0.25, -0.2) is 8.42 Å². The zero-order valence-corrected chi connectivity index (χ0v) is 10.2. The van der Waals surface area contributed by atoms with Gasteiger partial charge in [-0.05, 0) is 23.9 Å². The van der Waals surface area contributed by atoms with Crippen molar-refractivity contribution < 1.29 is 8.42 Å². The van der Waals surface area contributed by atoms with E-state index < -0.39 is 10.0 Å². The summed E-state index contributed by atoms with van der Waals surface area (Å²) >= 11 is 1.19. The van der Waals surface area contributed by atoms with Gasteiger partial charge in [-0.3, -0.25) is 4.72 Å². The fourth-order valence-corrected chi connectivity index (χ4v) is 3.33. The summed E-state index contributed by atoms with van der Waals surface area (Å²) in [6.07, 6.45) is 0. The molecule has 0 unspecified atom stereocenters. The molecule has 3 nitrogen and oxygen atoms in total. The Morgan fingerprint density at radius 1 is 1.31 bits per heavy atom. The molecule has 0 bridgehead atoms. The molecule has 0 aliphatic rings. The van der Waals surface area contributed by atoms with E-state index in [2.05, 4.69) is 10.8 Å². The van der Waals surface area contributed by atoms with Crippen molar-refractivity contribution in [3.8, 4) is 0 Å². The van der Waals surface area contributed by atoms with Crippen molar-refractivity contribution in [2.45, 2.75) is 11.1 Å². The second-order valence-electron chi connectivity index (χ2n) is 3.27. The predicted octanol–water partition coefficient (Wildman–Crippen LogP) is 2.66. The lowest BCUT2D eigenvalue weighted by atomic mass is 10.2. The summed E-state index contributed by atoms with van der Waals surface area (Å²) in [5, 5.41) is 1.73. The SMILES string of the molecule is Cc1ccc[c]c1NS(=O)(=O)c1cccs1. The highest BCUT2D eigenvalue weighted by molar-refractivity contribution is 7.94. The van der Waals surface area contributed by atoms with Gasteiger partial charge in [0.05, 0.1) is 5.69 Å². The molecule has 0 amide bonds. The van der Waals surface area contributed by atoms with Gasteiger partial charge in [0, 0.05) is 6.07 Å². The Hall–Kier alpha value is -1.33. The molecule has 2 rings (SSSR count). The van der Waals surface area contributed by atoms with Crippen LogP contribution in [-0.2, 0) is 10.0 Å². The quantitative estimate of drug-likeness (QED) is 0.912. The van der Waals surface area contributed by atoms with E-state index in [0.29, 0.717) is 9.90 Å². The van der Waals surface area contributed by atoms with Gasteiger partial charge in [-0.15, -0.1) is 11.3 Å². The highest BCUT2D eigenvalue weighted by Crippen LogP contribution is 2.21. The van der Waals surface area contributed by atoms with E-state index >= 15 is 0 Å². The molecule has 0 aliphatic heterocycles. The van der Waals surface area contributed by atoms with E-state index in [9.17, 15) is 8.42 Å². The van der Waals surface area contributed by atoms with Gasteiger partial charge in [0.25, 0.3) is 10.0 Å². The van der Waals surface area contributed by atoms with Crippen LogP contribution in [0.3, 0.4) is 0 Å². The van der Waals surface area contributed by atoms with E-state index in [4.69, 9.17) is 0 Å². The number of para-hydroxylation sites is 1. The van der Waals surface area contributed by atoms with Crippen molar-refractivity contribution in [3.63, 3.8) is 0 Å². The topological polar surface area (TPSA) is 46.2 Å². The number of benzene rings is 1. The molecule has 16 heavy (non-hydrogen) atoms. The molecule has 0 fully saturated rings. The average molecular weight is 252 g/mol. The van der Waals surface area contributed by atoms with Crippen molar-refractivity contribution >= 4 is 27.0 Å². The lowest BCUT2D eigenvalue weighted by Gasteiger charge is -2.07. The number of hydrogen-bond acceptors (Lipinski definition) is 3. The smallest absolute Gasteiger partial charge is 0.271 e. The number of anilines is 1. The first-order valence-corrected chi connectivity index (χ1v) is 6.99. The highest BCUT2D eigenvalue weighted by Gasteiger charge is 2.15. The van der Waals surface area contributed by atoms with E-state index in [0.717, 1.165) is 5.56 Å². The molecule has 1 aromatic heterocycles. The van der Waals surface area contributed by atoms with Gasteiger partial charge >= 0.3 is 0 Å². The number of aryl methyl sites for hydroxylation is 1. The minimum atomic E-state index is -3.46. The van der Waals surface area contributed by atoms with E-state index in [1.807, 2.05) is 19.1 Å². The number of thiophene rings is 1. The van der Waals surface area contributed by atoms with E-state index in [-0.39, 0.29) is 0 Å². The van der Waals surface area contributed by atoms with Crippen LogP contribution in [0.4, 0.5) is 5.69 Å². The summed E-state index contributed by atoms with van der Waals surface area (Å²) in [4.78, 5) is 0. The van der Waals surface area contributed by atoms with Crippen LogP contribution in [0.5, 0.6) is 0 Å². The molecule has 1 aromatic carbocycles. The summed E-state index contributed by atoms with van der Waals surface area (Å²) < 4.78 is 26.6. The van der Waals surface area contributed by atoms with Crippen LogP contribution >= 0.6 is 11.3 Å². The minimum absolute atomic E-state index is 0.309. The van der Waals surface area contributed by atoms with E-state index in [1.165, 1.54) is 11.3 Å². The fraction of sp³-hybridized carbons (Fsp3) is 0.0909. The van der Waals surface area contributed by atoms with Crippen molar-refractivity contribution in [1.29, 1.82) is 0 Å². The average Bonchev–Trinajstić information content (AvgIpc) is 2.75. The van der Waals surface area contributed by atoms with Crippen LogP contribution in [0.15, 0.2) is 39.9 Å². The standard InChI is InChI=1S/C11H10NO2S2/c1-9-5-2-3-6-10(9)12-16(13,14)11-7-4-8-15-11/h2-5,7-8,12H,1H3. The molecule has 0 atom stereocenters. The predicted molar refractivity (Wildman–Crippen MR) is 65.1 cm³/mol. The van der Waals surface area contributed by atoms with Crippen molar-refractivity contribution in [3.05, 3.63) is 47.3 Å². The van der Waals surface area contributed by atoms with Crippen LogP contribution in [-0.4, -0.2) is 8.42 Å². The molecular weight excluding hydrogens is 242 g/mol. The van der Waals surface area contributed by atoms with Crippen LogP contribution < -0.4 is 4.72 Å². The summed E-state index contributed by atoms with van der Waals surface area (Å²) in [7, 11) is -3.46. The Kier molecular flexibility index (Phi) is 2.98. The largest absolute Gasteiger partial charge is 0.278 e. The normalized spacial score (nSPS) is 11.3. The first-order chi connectivity index (χ1) is 7.59. The number of nitrogens with one attached hydrogen (secondary N) is 1. The van der Waals surface area contributed by atoms with Crippen molar-refractivity contribution in [1.82, 2.24) is 0 Å². The molecule has 1 heterocycles. The van der Waals surface area contributed by atoms with Gasteiger partial charge in [0.2, 0.25) is 0 Å². The molecule has 0 saturated carbocycles. The van der Waals surface area contributed by atoms with Gasteiger partial charge in [-0.2, -0.15) is 0 Å². The molecule has 1 N–H and O–H groups in total. The third kappa shape index (κ3) is 2.25. The molecule has 5 heteroatoms. The highest BCUT2D eigenvalue weighted by atomic mass is 32.2. The molecule has 0 spiro atoms. The Balaban J connectivity index is 2.33. The van der Waals surface area contributed by atoms with Gasteiger partial charge in [-0.1, -0.05) is 24.3 Å². The van der Waals surface area contributed by atoms with Crippen LogP contribution in [0, 0.1) is 13.0 Å². The molecule has 0 saturated heterocycles. The Morgan fingerprint density at radius 3 is 2.75 bits per heavy atom. The second kappa shape index (κ2) is 4.27. The summed E-state index contributed by atoms with van der Waals surface area (Å²) in [5.74, 6) is 0. The van der Waals surface area contributed by atoms with Crippen molar-refractivity contribution in [2.24, 2.45) is 0 Å². The van der Waals surface area contributed by atoms with Gasteiger partial charge in [0.15, 0.2) is 0 Å². The first kappa shape index (κ1) is 11.2. The fourth-order valence-electron chi connectivity index (χ4n) is 1.23. The van der Waals surface area contributed by atoms with Gasteiger partial charge in [0.1, 0.15) is 4.21 Å². The van der Waals surface area contributed by atoms with Crippen LogP contribution in [0.2, 0.25) is 0 Å². The first-order valence-electron chi connectivity index (χ1n) is 4.63. The number of rotatable bonds is 3. The lowest BCUT2D eigenvalue weighted by molar-refractivity contribution is 0.603. The van der Waals surface area contributed by atoms with Crippen molar-refractivity contribution in [2.75, 3.05) is 4.72 Å². The maximum atomic E-state index is 11.9. The van der Waals surface area contributed by atoms with Gasteiger partial charge < -0.3 is 0 Å². The summed E-state index contributed by atoms with van der Waals surface area (Å²) in [6.45, 7) is 1.84. The monoisotopic (exact) mass is 252 g/mol. The Morgan fingerprint density at radius 2 is 2.12 bits per heavy atom. The maximum absolute atomic E-state index is 11.9. The van der Waals surface area contributed by atoms with Crippen LogP contribution in [0.1, 0.15) is 5.56 Å². The number of hydrogen-bond donors (Lipinski definition) is 1. The van der Waals surface area contributed by atoms with Crippen LogP contribution in [0.25, 0.3) is 0 Å². The Bertz CT molecular complexity index is 574. The van der Waals surface area contributed by atoms with E-state index in [1.54, 1.807) is 23.6 Å². The molecule has 1 radical (unpaired) electrons. The number of sulfonamides is 1.